The van der Waals surface area contributed by atoms with Crippen molar-refractivity contribution in [1.29, 1.82) is 0 Å². The highest BCUT2D eigenvalue weighted by Gasteiger charge is 2.31. The van der Waals surface area contributed by atoms with Gasteiger partial charge in [0, 0.05) is 32.6 Å². The number of nitrogens with zero attached hydrogens (tertiary/aromatic N) is 4. The summed E-state index contributed by atoms with van der Waals surface area (Å²) in [7, 11) is 5.38. The second-order valence-corrected chi connectivity index (χ2v) is 7.86. The maximum Gasteiger partial charge on any atom is 0.225 e. The number of hydrogen-bond acceptors (Lipinski definition) is 7. The summed E-state index contributed by atoms with van der Waals surface area (Å²) in [6.07, 6.45) is 1.18. The van der Waals surface area contributed by atoms with Crippen molar-refractivity contribution in [2.24, 2.45) is 0 Å². The van der Waals surface area contributed by atoms with Crippen LogP contribution in [-0.2, 0) is 6.42 Å². The molecule has 1 fully saturated rings. The van der Waals surface area contributed by atoms with Crippen molar-refractivity contribution in [2.75, 3.05) is 52.3 Å². The zero-order valence-electron chi connectivity index (χ0n) is 17.6. The summed E-state index contributed by atoms with van der Waals surface area (Å²) >= 11 is 0. The summed E-state index contributed by atoms with van der Waals surface area (Å²) in [5.74, 6) is 2.31. The molecule has 0 radical (unpaired) electrons. The lowest BCUT2D eigenvalue weighted by Crippen LogP contribution is -2.45. The van der Waals surface area contributed by atoms with Crippen molar-refractivity contribution in [3.05, 3.63) is 40.7 Å². The molecule has 7 heteroatoms. The molecular weight excluding hydrogens is 368 g/mol. The summed E-state index contributed by atoms with van der Waals surface area (Å²) in [6.45, 7) is 5.72. The van der Waals surface area contributed by atoms with Crippen molar-refractivity contribution in [3.8, 4) is 11.5 Å². The predicted octanol–water partition coefficient (Wildman–Crippen LogP) is 2.47. The molecule has 0 saturated carbocycles. The van der Waals surface area contributed by atoms with Crippen LogP contribution in [0.1, 0.15) is 39.6 Å². The van der Waals surface area contributed by atoms with Gasteiger partial charge in [0.05, 0.1) is 31.2 Å². The number of likely N-dealkylation sites (N-methyl/N-ethyl adjacent to an activating group) is 1. The predicted molar refractivity (Wildman–Crippen MR) is 111 cm³/mol. The minimum absolute atomic E-state index is 0.0736. The average molecular weight is 396 g/mol. The van der Waals surface area contributed by atoms with Crippen LogP contribution in [0.2, 0.25) is 0 Å². The summed E-state index contributed by atoms with van der Waals surface area (Å²) in [4.78, 5) is 27.0. The number of fused-ring (bicyclic) bond motifs is 1. The molecule has 1 saturated heterocycles. The van der Waals surface area contributed by atoms with E-state index >= 15 is 0 Å². The number of rotatable bonds is 4. The van der Waals surface area contributed by atoms with E-state index in [2.05, 4.69) is 21.8 Å². The monoisotopic (exact) mass is 396 g/mol. The van der Waals surface area contributed by atoms with Crippen molar-refractivity contribution < 1.29 is 14.3 Å². The van der Waals surface area contributed by atoms with Gasteiger partial charge in [-0.3, -0.25) is 4.79 Å². The number of carbonyl (C=O) groups is 1. The molecule has 0 unspecified atom stereocenters. The van der Waals surface area contributed by atoms with Crippen LogP contribution in [-0.4, -0.2) is 68.1 Å². The van der Waals surface area contributed by atoms with E-state index < -0.39 is 0 Å². The van der Waals surface area contributed by atoms with Crippen LogP contribution in [0.25, 0.3) is 0 Å². The summed E-state index contributed by atoms with van der Waals surface area (Å²) < 4.78 is 10.8. The molecule has 2 aliphatic rings. The number of piperazine rings is 1. The molecule has 1 aliphatic heterocycles. The molecule has 1 aromatic heterocycles. The van der Waals surface area contributed by atoms with Gasteiger partial charge in [-0.15, -0.1) is 0 Å². The van der Waals surface area contributed by atoms with Crippen molar-refractivity contribution in [2.45, 2.75) is 25.7 Å². The number of anilines is 1. The Morgan fingerprint density at radius 1 is 1.00 bits per heavy atom. The number of benzene rings is 1. The standard InChI is InChI=1S/C22H28N4O3/c1-14-21-17(24-22(23-14)26-9-7-25(2)8-10-26)11-16(12-18(21)27)15-5-6-19(28-3)20(13-15)29-4/h5-6,13,16H,7-12H2,1-4H3/t16-/m0/s1. The van der Waals surface area contributed by atoms with Gasteiger partial charge in [0.2, 0.25) is 5.95 Å². The van der Waals surface area contributed by atoms with Gasteiger partial charge in [0.1, 0.15) is 0 Å². The SMILES string of the molecule is COc1ccc([C@@H]2CC(=O)c3c(C)nc(N4CCN(C)CC4)nc3C2)cc1OC. The molecule has 2 heterocycles. The topological polar surface area (TPSA) is 67.8 Å². The van der Waals surface area contributed by atoms with E-state index in [4.69, 9.17) is 14.5 Å². The maximum atomic E-state index is 12.9. The fourth-order valence-electron chi connectivity index (χ4n) is 4.25. The highest BCUT2D eigenvalue weighted by Crippen LogP contribution is 2.37. The van der Waals surface area contributed by atoms with Crippen molar-refractivity contribution >= 4 is 11.7 Å². The lowest BCUT2D eigenvalue weighted by molar-refractivity contribution is 0.0962. The van der Waals surface area contributed by atoms with E-state index in [-0.39, 0.29) is 11.7 Å². The number of ketones is 1. The van der Waals surface area contributed by atoms with E-state index in [0.29, 0.717) is 23.5 Å². The van der Waals surface area contributed by atoms with E-state index in [1.165, 1.54) is 0 Å². The van der Waals surface area contributed by atoms with E-state index in [9.17, 15) is 4.79 Å². The number of carbonyl (C=O) groups excluding carboxylic acids is 1. The maximum absolute atomic E-state index is 12.9. The highest BCUT2D eigenvalue weighted by molar-refractivity contribution is 5.99. The summed E-state index contributed by atoms with van der Waals surface area (Å²) in [6, 6.07) is 5.88. The molecule has 2 aromatic rings. The summed E-state index contributed by atoms with van der Waals surface area (Å²) in [5.41, 5.74) is 3.43. The molecule has 0 N–H and O–H groups in total. The molecular formula is C22H28N4O3. The van der Waals surface area contributed by atoms with Gasteiger partial charge in [-0.05, 0) is 44.0 Å². The minimum Gasteiger partial charge on any atom is -0.493 e. The summed E-state index contributed by atoms with van der Waals surface area (Å²) in [5, 5.41) is 0. The molecule has 1 aliphatic carbocycles. The highest BCUT2D eigenvalue weighted by atomic mass is 16.5. The molecule has 0 spiro atoms. The van der Waals surface area contributed by atoms with E-state index in [1.807, 2.05) is 25.1 Å². The molecule has 4 rings (SSSR count). The molecule has 154 valence electrons. The molecule has 0 bridgehead atoms. The fraction of sp³-hybridized carbons (Fsp3) is 0.500. The lowest BCUT2D eigenvalue weighted by Gasteiger charge is -2.33. The van der Waals surface area contributed by atoms with Crippen LogP contribution < -0.4 is 14.4 Å². The Kier molecular flexibility index (Phi) is 5.41. The van der Waals surface area contributed by atoms with Crippen molar-refractivity contribution in [3.63, 3.8) is 0 Å². The first-order valence-corrected chi connectivity index (χ1v) is 10.1. The van der Waals surface area contributed by atoms with Gasteiger partial charge in [0.15, 0.2) is 17.3 Å². The number of aryl methyl sites for hydroxylation is 1. The Labute approximate surface area is 171 Å². The Bertz CT molecular complexity index is 923. The number of Topliss-reactive ketones (excluding diaryl/α,β-unsaturated/α-hetero) is 1. The average Bonchev–Trinajstić information content (AvgIpc) is 2.73. The fourth-order valence-corrected chi connectivity index (χ4v) is 4.25. The molecule has 1 aromatic carbocycles. The first kappa shape index (κ1) is 19.6. The minimum atomic E-state index is 0.0736. The number of hydrogen-bond donors (Lipinski definition) is 0. The largest absolute Gasteiger partial charge is 0.493 e. The molecule has 0 amide bonds. The van der Waals surface area contributed by atoms with Gasteiger partial charge >= 0.3 is 0 Å². The van der Waals surface area contributed by atoms with Gasteiger partial charge in [-0.1, -0.05) is 6.07 Å². The second kappa shape index (κ2) is 7.99. The zero-order chi connectivity index (χ0) is 20.5. The van der Waals surface area contributed by atoms with Gasteiger partial charge in [-0.2, -0.15) is 0 Å². The van der Waals surface area contributed by atoms with Crippen LogP contribution in [0.3, 0.4) is 0 Å². The number of ether oxygens (including phenoxy) is 2. The third-order valence-electron chi connectivity index (χ3n) is 5.97. The Morgan fingerprint density at radius 3 is 2.41 bits per heavy atom. The molecule has 7 nitrogen and oxygen atoms in total. The van der Waals surface area contributed by atoms with Crippen molar-refractivity contribution in [1.82, 2.24) is 14.9 Å². The van der Waals surface area contributed by atoms with Crippen LogP contribution in [0.4, 0.5) is 5.95 Å². The first-order chi connectivity index (χ1) is 14.0. The van der Waals surface area contributed by atoms with Crippen LogP contribution in [0, 0.1) is 6.92 Å². The molecule has 1 atom stereocenters. The Morgan fingerprint density at radius 2 is 1.72 bits per heavy atom. The van der Waals surface area contributed by atoms with E-state index in [1.54, 1.807) is 14.2 Å². The third kappa shape index (κ3) is 3.79. The quantitative estimate of drug-likeness (QED) is 0.786. The smallest absolute Gasteiger partial charge is 0.225 e. The van der Waals surface area contributed by atoms with Crippen LogP contribution >= 0.6 is 0 Å². The van der Waals surface area contributed by atoms with Gasteiger partial charge < -0.3 is 19.3 Å². The van der Waals surface area contributed by atoms with Gasteiger partial charge in [0.25, 0.3) is 0 Å². The lowest BCUT2D eigenvalue weighted by atomic mass is 9.81. The van der Waals surface area contributed by atoms with E-state index in [0.717, 1.165) is 55.5 Å². The van der Waals surface area contributed by atoms with Gasteiger partial charge in [-0.25, -0.2) is 9.97 Å². The second-order valence-electron chi connectivity index (χ2n) is 7.86. The zero-order valence-corrected chi connectivity index (χ0v) is 17.6. The normalized spacial score (nSPS) is 19.8. The Balaban J connectivity index is 1.65. The third-order valence-corrected chi connectivity index (χ3v) is 5.97. The van der Waals surface area contributed by atoms with Crippen LogP contribution in [0.15, 0.2) is 18.2 Å². The Hall–Kier alpha value is -2.67. The molecule has 29 heavy (non-hydrogen) atoms. The first-order valence-electron chi connectivity index (χ1n) is 10.1. The number of aromatic nitrogens is 2. The van der Waals surface area contributed by atoms with Crippen LogP contribution in [0.5, 0.6) is 11.5 Å². The number of methoxy groups -OCH3 is 2.